The third-order valence-electron chi connectivity index (χ3n) is 4.17. The lowest BCUT2D eigenvalue weighted by atomic mass is 10.2. The number of imidazole rings is 1. The van der Waals surface area contributed by atoms with Crippen LogP contribution in [-0.2, 0) is 6.54 Å². The summed E-state index contributed by atoms with van der Waals surface area (Å²) in [5, 5.41) is 26.1. The Labute approximate surface area is 159 Å². The Kier molecular flexibility index (Phi) is 5.58. The van der Waals surface area contributed by atoms with Crippen molar-refractivity contribution < 1.29 is 9.85 Å². The van der Waals surface area contributed by atoms with E-state index in [1.54, 1.807) is 0 Å². The molecule has 2 aromatic carbocycles. The molecule has 0 unspecified atom stereocenters. The molecule has 0 aliphatic heterocycles. The standard InChI is InChI=1S/C18H18N6O4/c1-2-3-10-22-16-7-5-4-6-14(16)20-18(22)12-19-21-15-9-8-13(23(25)26)11-17(15)24(27)28/h4-9,11-12,21H,2-3,10H2,1H3/b19-12+. The van der Waals surface area contributed by atoms with Crippen molar-refractivity contribution in [3.8, 4) is 0 Å². The molecule has 10 nitrogen and oxygen atoms in total. The number of anilines is 1. The molecule has 10 heteroatoms. The second-order valence-corrected chi connectivity index (χ2v) is 6.05. The van der Waals surface area contributed by atoms with E-state index in [0.717, 1.165) is 36.5 Å². The highest BCUT2D eigenvalue weighted by Gasteiger charge is 2.19. The van der Waals surface area contributed by atoms with E-state index in [9.17, 15) is 20.2 Å². The lowest BCUT2D eigenvalue weighted by molar-refractivity contribution is -0.393. The Morgan fingerprint density at radius 2 is 1.96 bits per heavy atom. The molecule has 0 amide bonds. The van der Waals surface area contributed by atoms with Crippen molar-refractivity contribution in [3.05, 3.63) is 68.5 Å². The second-order valence-electron chi connectivity index (χ2n) is 6.05. The summed E-state index contributed by atoms with van der Waals surface area (Å²) in [6, 6.07) is 11.1. The maximum Gasteiger partial charge on any atom is 0.301 e. The van der Waals surface area contributed by atoms with Gasteiger partial charge >= 0.3 is 5.69 Å². The van der Waals surface area contributed by atoms with Gasteiger partial charge in [-0.1, -0.05) is 25.5 Å². The molecule has 144 valence electrons. The highest BCUT2D eigenvalue weighted by molar-refractivity contribution is 5.85. The molecule has 0 saturated carbocycles. The van der Waals surface area contributed by atoms with Crippen LogP contribution in [0.3, 0.4) is 0 Å². The number of aromatic nitrogens is 2. The summed E-state index contributed by atoms with van der Waals surface area (Å²) in [4.78, 5) is 25.2. The number of unbranched alkanes of at least 4 members (excludes halogenated alkanes) is 1. The Morgan fingerprint density at radius 1 is 1.18 bits per heavy atom. The zero-order valence-electron chi connectivity index (χ0n) is 15.1. The fourth-order valence-corrected chi connectivity index (χ4v) is 2.78. The Hall–Kier alpha value is -3.82. The SMILES string of the molecule is CCCCn1c(/C=N/Nc2ccc([N+](=O)[O-])cc2[N+](=O)[O-])nc2ccccc21. The van der Waals surface area contributed by atoms with E-state index in [0.29, 0.717) is 5.82 Å². The molecule has 0 bridgehead atoms. The molecule has 1 aromatic heterocycles. The number of rotatable bonds is 8. The first-order valence-electron chi connectivity index (χ1n) is 8.68. The number of para-hydroxylation sites is 2. The number of benzene rings is 2. The van der Waals surface area contributed by atoms with Crippen LogP contribution >= 0.6 is 0 Å². The summed E-state index contributed by atoms with van der Waals surface area (Å²) < 4.78 is 2.04. The van der Waals surface area contributed by atoms with Crippen LogP contribution in [-0.4, -0.2) is 25.6 Å². The first-order valence-corrected chi connectivity index (χ1v) is 8.68. The van der Waals surface area contributed by atoms with Crippen molar-refractivity contribution in [2.24, 2.45) is 5.10 Å². The van der Waals surface area contributed by atoms with Gasteiger partial charge in [0.15, 0.2) is 5.82 Å². The number of nitrogens with zero attached hydrogens (tertiary/aromatic N) is 5. The summed E-state index contributed by atoms with van der Waals surface area (Å²) in [5.74, 6) is 0.617. The summed E-state index contributed by atoms with van der Waals surface area (Å²) in [6.07, 6.45) is 3.49. The first-order chi connectivity index (χ1) is 13.5. The lowest BCUT2D eigenvalue weighted by Crippen LogP contribution is -2.04. The largest absolute Gasteiger partial charge is 0.323 e. The number of hydrazone groups is 1. The Morgan fingerprint density at radius 3 is 2.68 bits per heavy atom. The maximum absolute atomic E-state index is 11.2. The minimum absolute atomic E-state index is 0.0584. The van der Waals surface area contributed by atoms with Crippen LogP contribution in [0.15, 0.2) is 47.6 Å². The van der Waals surface area contributed by atoms with Crippen LogP contribution in [0.25, 0.3) is 11.0 Å². The minimum Gasteiger partial charge on any atom is -0.323 e. The second kappa shape index (κ2) is 8.25. The molecule has 1 heterocycles. The normalized spacial score (nSPS) is 11.2. The zero-order valence-corrected chi connectivity index (χ0v) is 15.1. The van der Waals surface area contributed by atoms with Gasteiger partial charge in [0.1, 0.15) is 5.69 Å². The van der Waals surface area contributed by atoms with Gasteiger partial charge in [0.05, 0.1) is 33.2 Å². The highest BCUT2D eigenvalue weighted by Crippen LogP contribution is 2.28. The van der Waals surface area contributed by atoms with E-state index in [1.807, 2.05) is 28.8 Å². The third kappa shape index (κ3) is 3.95. The molecule has 0 aliphatic carbocycles. The first kappa shape index (κ1) is 19.0. The number of hydrogen-bond acceptors (Lipinski definition) is 7. The van der Waals surface area contributed by atoms with Crippen molar-refractivity contribution in [2.75, 3.05) is 5.43 Å². The monoisotopic (exact) mass is 382 g/mol. The Bertz CT molecular complexity index is 1060. The third-order valence-corrected chi connectivity index (χ3v) is 4.17. The zero-order chi connectivity index (χ0) is 20.1. The van der Waals surface area contributed by atoms with E-state index in [4.69, 9.17) is 0 Å². The van der Waals surface area contributed by atoms with Gasteiger partial charge in [-0.2, -0.15) is 5.10 Å². The molecule has 3 rings (SSSR count). The Balaban J connectivity index is 1.89. The minimum atomic E-state index is -0.693. The molecule has 3 aromatic rings. The molecular formula is C18H18N6O4. The summed E-state index contributed by atoms with van der Waals surface area (Å²) in [6.45, 7) is 2.87. The molecule has 0 spiro atoms. The number of aryl methyl sites for hydroxylation is 1. The van der Waals surface area contributed by atoms with Gasteiger partial charge in [-0.05, 0) is 24.6 Å². The molecular weight excluding hydrogens is 364 g/mol. The van der Waals surface area contributed by atoms with Crippen LogP contribution in [0.1, 0.15) is 25.6 Å². The summed E-state index contributed by atoms with van der Waals surface area (Å²) in [7, 11) is 0. The quantitative estimate of drug-likeness (QED) is 0.355. The van der Waals surface area contributed by atoms with Gasteiger partial charge in [-0.25, -0.2) is 4.98 Å². The number of fused-ring (bicyclic) bond motifs is 1. The van der Waals surface area contributed by atoms with Gasteiger partial charge in [-0.3, -0.25) is 25.7 Å². The summed E-state index contributed by atoms with van der Waals surface area (Å²) >= 11 is 0. The van der Waals surface area contributed by atoms with Crippen molar-refractivity contribution in [1.29, 1.82) is 0 Å². The van der Waals surface area contributed by atoms with Crippen LogP contribution in [0.2, 0.25) is 0 Å². The van der Waals surface area contributed by atoms with E-state index >= 15 is 0 Å². The molecule has 0 atom stereocenters. The van der Waals surface area contributed by atoms with Gasteiger partial charge in [0, 0.05) is 12.6 Å². The number of nitro benzene ring substituents is 2. The van der Waals surface area contributed by atoms with Gasteiger partial charge in [-0.15, -0.1) is 0 Å². The van der Waals surface area contributed by atoms with Crippen LogP contribution < -0.4 is 5.43 Å². The maximum atomic E-state index is 11.2. The number of non-ortho nitro benzene ring substituents is 1. The predicted molar refractivity (Wildman–Crippen MR) is 106 cm³/mol. The topological polar surface area (TPSA) is 128 Å². The van der Waals surface area contributed by atoms with Crippen LogP contribution in [0, 0.1) is 20.2 Å². The molecule has 0 aliphatic rings. The van der Waals surface area contributed by atoms with Gasteiger partial charge < -0.3 is 4.57 Å². The summed E-state index contributed by atoms with van der Waals surface area (Å²) in [5.41, 5.74) is 3.68. The molecule has 1 N–H and O–H groups in total. The van der Waals surface area contributed by atoms with Crippen LogP contribution in [0.5, 0.6) is 0 Å². The van der Waals surface area contributed by atoms with Crippen molar-refractivity contribution in [1.82, 2.24) is 9.55 Å². The fraction of sp³-hybridized carbons (Fsp3) is 0.222. The van der Waals surface area contributed by atoms with Crippen LogP contribution in [0.4, 0.5) is 17.1 Å². The van der Waals surface area contributed by atoms with Crippen molar-refractivity contribution in [3.63, 3.8) is 0 Å². The predicted octanol–water partition coefficient (Wildman–Crippen LogP) is 4.10. The number of nitrogens with one attached hydrogen (secondary N) is 1. The lowest BCUT2D eigenvalue weighted by Gasteiger charge is -2.06. The smallest absolute Gasteiger partial charge is 0.301 e. The average molecular weight is 382 g/mol. The highest BCUT2D eigenvalue weighted by atomic mass is 16.6. The van der Waals surface area contributed by atoms with E-state index in [-0.39, 0.29) is 11.4 Å². The number of hydrogen-bond donors (Lipinski definition) is 1. The van der Waals surface area contributed by atoms with Crippen molar-refractivity contribution >= 4 is 34.3 Å². The van der Waals surface area contributed by atoms with Crippen molar-refractivity contribution in [2.45, 2.75) is 26.3 Å². The molecule has 0 saturated heterocycles. The fourth-order valence-electron chi connectivity index (χ4n) is 2.78. The molecule has 0 radical (unpaired) electrons. The molecule has 0 fully saturated rings. The van der Waals surface area contributed by atoms with E-state index < -0.39 is 15.5 Å². The average Bonchev–Trinajstić information content (AvgIpc) is 3.03. The van der Waals surface area contributed by atoms with Gasteiger partial charge in [0.2, 0.25) is 0 Å². The number of nitro groups is 2. The van der Waals surface area contributed by atoms with Gasteiger partial charge in [0.25, 0.3) is 5.69 Å². The van der Waals surface area contributed by atoms with E-state index in [1.165, 1.54) is 18.3 Å². The molecule has 28 heavy (non-hydrogen) atoms. The van der Waals surface area contributed by atoms with E-state index in [2.05, 4.69) is 22.4 Å².